The smallest absolute Gasteiger partial charge is 0.263 e. The summed E-state index contributed by atoms with van der Waals surface area (Å²) >= 11 is 0. The van der Waals surface area contributed by atoms with E-state index in [1.807, 2.05) is 13.8 Å². The van der Waals surface area contributed by atoms with Gasteiger partial charge in [0.2, 0.25) is 5.91 Å². The maximum Gasteiger partial charge on any atom is 0.263 e. The SMILES string of the molecule is CC(C)CC(N=C1NS(=O)(=O)c2ccccc21)C(=O)NCc1ccco1. The highest BCUT2D eigenvalue weighted by atomic mass is 32.2. The van der Waals surface area contributed by atoms with E-state index in [-0.39, 0.29) is 29.1 Å². The molecule has 2 aromatic rings. The van der Waals surface area contributed by atoms with Crippen molar-refractivity contribution in [3.05, 3.63) is 54.0 Å². The fourth-order valence-corrected chi connectivity index (χ4v) is 3.99. The number of amides is 1. The quantitative estimate of drug-likeness (QED) is 0.807. The van der Waals surface area contributed by atoms with E-state index in [9.17, 15) is 13.2 Å². The molecule has 1 aromatic carbocycles. The second kappa shape index (κ2) is 7.33. The topological polar surface area (TPSA) is 101 Å². The molecule has 0 fully saturated rings. The van der Waals surface area contributed by atoms with Crippen molar-refractivity contribution in [2.45, 2.75) is 37.8 Å². The van der Waals surface area contributed by atoms with Gasteiger partial charge in [-0.15, -0.1) is 0 Å². The van der Waals surface area contributed by atoms with Gasteiger partial charge >= 0.3 is 0 Å². The van der Waals surface area contributed by atoms with Crippen LogP contribution in [0.1, 0.15) is 31.6 Å². The van der Waals surface area contributed by atoms with E-state index in [1.54, 1.807) is 30.3 Å². The first kappa shape index (κ1) is 18.2. The molecule has 3 rings (SSSR count). The number of carbonyl (C=O) groups excluding carboxylic acids is 1. The minimum atomic E-state index is -3.63. The number of hydrogen-bond acceptors (Lipinski definition) is 5. The monoisotopic (exact) mass is 375 g/mol. The summed E-state index contributed by atoms with van der Waals surface area (Å²) in [7, 11) is -3.63. The van der Waals surface area contributed by atoms with E-state index in [0.29, 0.717) is 17.7 Å². The van der Waals surface area contributed by atoms with Crippen molar-refractivity contribution < 1.29 is 17.6 Å². The Labute approximate surface area is 152 Å². The first-order valence-electron chi connectivity index (χ1n) is 8.37. The predicted molar refractivity (Wildman–Crippen MR) is 97.1 cm³/mol. The van der Waals surface area contributed by atoms with Crippen LogP contribution in [0.2, 0.25) is 0 Å². The molecule has 0 spiro atoms. The molecule has 8 heteroatoms. The zero-order valence-corrected chi connectivity index (χ0v) is 15.4. The summed E-state index contributed by atoms with van der Waals surface area (Å²) in [4.78, 5) is 17.2. The third kappa shape index (κ3) is 3.96. The molecule has 0 saturated carbocycles. The van der Waals surface area contributed by atoms with E-state index in [1.165, 1.54) is 12.3 Å². The molecule has 1 atom stereocenters. The summed E-state index contributed by atoms with van der Waals surface area (Å²) in [5.74, 6) is 0.791. The molecule has 1 aliphatic heterocycles. The Morgan fingerprint density at radius 1 is 1.23 bits per heavy atom. The molecular formula is C18H21N3O4S. The maximum atomic E-state index is 12.6. The lowest BCUT2D eigenvalue weighted by atomic mass is 10.0. The van der Waals surface area contributed by atoms with Gasteiger partial charge in [-0.3, -0.25) is 14.5 Å². The fourth-order valence-electron chi connectivity index (χ4n) is 2.76. The summed E-state index contributed by atoms with van der Waals surface area (Å²) in [6, 6.07) is 9.41. The molecule has 1 aromatic heterocycles. The summed E-state index contributed by atoms with van der Waals surface area (Å²) in [5, 5.41) is 2.79. The predicted octanol–water partition coefficient (Wildman–Crippen LogP) is 2.05. The van der Waals surface area contributed by atoms with Crippen molar-refractivity contribution in [2.24, 2.45) is 10.9 Å². The van der Waals surface area contributed by atoms with Crippen molar-refractivity contribution in [2.75, 3.05) is 0 Å². The molecule has 7 nitrogen and oxygen atoms in total. The van der Waals surface area contributed by atoms with Crippen LogP contribution in [0.4, 0.5) is 0 Å². The van der Waals surface area contributed by atoms with Gasteiger partial charge in [-0.1, -0.05) is 26.0 Å². The minimum Gasteiger partial charge on any atom is -0.467 e. The summed E-state index contributed by atoms with van der Waals surface area (Å²) < 4.78 is 32.1. The fraction of sp³-hybridized carbons (Fsp3) is 0.333. The van der Waals surface area contributed by atoms with Crippen molar-refractivity contribution in [1.29, 1.82) is 0 Å². The van der Waals surface area contributed by atoms with Crippen molar-refractivity contribution >= 4 is 21.8 Å². The third-order valence-electron chi connectivity index (χ3n) is 3.96. The number of benzene rings is 1. The molecule has 138 valence electrons. The minimum absolute atomic E-state index is 0.179. The molecule has 0 saturated heterocycles. The second-order valence-corrected chi connectivity index (χ2v) is 8.17. The van der Waals surface area contributed by atoms with E-state index >= 15 is 0 Å². The van der Waals surface area contributed by atoms with Gasteiger partial charge in [0.05, 0.1) is 17.7 Å². The molecule has 0 bridgehead atoms. The Balaban J connectivity index is 1.84. The van der Waals surface area contributed by atoms with Crippen molar-refractivity contribution in [1.82, 2.24) is 10.0 Å². The van der Waals surface area contributed by atoms with E-state index in [4.69, 9.17) is 4.42 Å². The van der Waals surface area contributed by atoms with Gasteiger partial charge < -0.3 is 9.73 Å². The lowest BCUT2D eigenvalue weighted by Gasteiger charge is -2.15. The number of furan rings is 1. The summed E-state index contributed by atoms with van der Waals surface area (Å²) in [6.45, 7) is 4.23. The van der Waals surface area contributed by atoms with Crippen LogP contribution in [-0.4, -0.2) is 26.2 Å². The average Bonchev–Trinajstić information content (AvgIpc) is 3.19. The Bertz CT molecular complexity index is 918. The number of aliphatic imine (C=N–C) groups is 1. The van der Waals surface area contributed by atoms with Gasteiger partial charge in [0, 0.05) is 5.56 Å². The highest BCUT2D eigenvalue weighted by molar-refractivity contribution is 7.90. The van der Waals surface area contributed by atoms with Crippen LogP contribution in [0.5, 0.6) is 0 Å². The zero-order chi connectivity index (χ0) is 18.7. The molecule has 2 heterocycles. The number of hydrogen-bond donors (Lipinski definition) is 2. The lowest BCUT2D eigenvalue weighted by molar-refractivity contribution is -0.122. The van der Waals surface area contributed by atoms with Crippen LogP contribution in [0.3, 0.4) is 0 Å². The first-order chi connectivity index (χ1) is 12.4. The largest absolute Gasteiger partial charge is 0.467 e. The third-order valence-corrected chi connectivity index (χ3v) is 5.36. The highest BCUT2D eigenvalue weighted by Gasteiger charge is 2.32. The van der Waals surface area contributed by atoms with Gasteiger partial charge in [-0.2, -0.15) is 0 Å². The van der Waals surface area contributed by atoms with Gasteiger partial charge in [0.25, 0.3) is 10.0 Å². The van der Waals surface area contributed by atoms with Crippen LogP contribution < -0.4 is 10.0 Å². The lowest BCUT2D eigenvalue weighted by Crippen LogP contribution is -2.36. The molecule has 26 heavy (non-hydrogen) atoms. The van der Waals surface area contributed by atoms with E-state index < -0.39 is 16.1 Å². The normalized spacial score (nSPS) is 17.7. The molecule has 1 amide bonds. The molecular weight excluding hydrogens is 354 g/mol. The van der Waals surface area contributed by atoms with E-state index in [2.05, 4.69) is 15.0 Å². The maximum absolute atomic E-state index is 12.6. The Morgan fingerprint density at radius 2 is 2.00 bits per heavy atom. The highest BCUT2D eigenvalue weighted by Crippen LogP contribution is 2.23. The number of carbonyl (C=O) groups is 1. The summed E-state index contributed by atoms with van der Waals surface area (Å²) in [6.07, 6.45) is 2.04. The number of rotatable bonds is 6. The van der Waals surface area contributed by atoms with Crippen molar-refractivity contribution in [3.8, 4) is 0 Å². The van der Waals surface area contributed by atoms with Crippen molar-refractivity contribution in [3.63, 3.8) is 0 Å². The Kier molecular flexibility index (Phi) is 5.13. The number of sulfonamides is 1. The van der Waals surface area contributed by atoms with Crippen LogP contribution >= 0.6 is 0 Å². The Morgan fingerprint density at radius 3 is 2.69 bits per heavy atom. The first-order valence-corrected chi connectivity index (χ1v) is 9.85. The number of amidine groups is 1. The van der Waals surface area contributed by atoms with Crippen LogP contribution in [0, 0.1) is 5.92 Å². The average molecular weight is 375 g/mol. The van der Waals surface area contributed by atoms with E-state index in [0.717, 1.165) is 0 Å². The number of nitrogens with zero attached hydrogens (tertiary/aromatic N) is 1. The van der Waals surface area contributed by atoms with Gasteiger partial charge in [0.1, 0.15) is 17.6 Å². The summed E-state index contributed by atoms with van der Waals surface area (Å²) in [5.41, 5.74) is 0.486. The van der Waals surface area contributed by atoms with Crippen LogP contribution in [-0.2, 0) is 21.4 Å². The molecule has 2 N–H and O–H groups in total. The molecule has 0 aliphatic carbocycles. The zero-order valence-electron chi connectivity index (χ0n) is 14.6. The van der Waals surface area contributed by atoms with Gasteiger partial charge in [-0.05, 0) is 36.6 Å². The molecule has 1 unspecified atom stereocenters. The number of fused-ring (bicyclic) bond motifs is 1. The van der Waals surface area contributed by atoms with Gasteiger partial charge in [-0.25, -0.2) is 8.42 Å². The van der Waals surface area contributed by atoms with Crippen LogP contribution in [0.15, 0.2) is 57.0 Å². The molecule has 0 radical (unpaired) electrons. The van der Waals surface area contributed by atoms with Gasteiger partial charge in [0.15, 0.2) is 0 Å². The molecule has 1 aliphatic rings. The second-order valence-electron chi connectivity index (χ2n) is 6.52. The van der Waals surface area contributed by atoms with Crippen LogP contribution in [0.25, 0.3) is 0 Å². The number of nitrogens with one attached hydrogen (secondary N) is 2. The Hall–Kier alpha value is -2.61. The standard InChI is InChI=1S/C18H21N3O4S/c1-12(2)10-15(18(22)19-11-13-6-5-9-25-13)20-17-14-7-3-4-8-16(14)26(23,24)21-17/h3-9,12,15H,10-11H2,1-2H3,(H,19,22)(H,20,21).